The topological polar surface area (TPSA) is 90.4 Å². The Morgan fingerprint density at radius 3 is 1.93 bits per heavy atom. The number of fused-ring (bicyclic) bond motifs is 2. The maximum absolute atomic E-state index is 14.9. The van der Waals surface area contributed by atoms with E-state index < -0.39 is 35.1 Å². The molecule has 3 amide bonds. The minimum absolute atomic E-state index is 0.0716. The van der Waals surface area contributed by atoms with E-state index in [2.05, 4.69) is 0 Å². The monoisotopic (exact) mass is 597 g/mol. The summed E-state index contributed by atoms with van der Waals surface area (Å²) in [7, 11) is 0. The molecule has 2 fully saturated rings. The third-order valence-corrected chi connectivity index (χ3v) is 10.3. The van der Waals surface area contributed by atoms with E-state index in [4.69, 9.17) is 4.74 Å². The molecule has 0 radical (unpaired) electrons. The molecule has 2 saturated heterocycles. The van der Waals surface area contributed by atoms with Crippen molar-refractivity contribution in [1.82, 2.24) is 14.7 Å². The number of benzene rings is 2. The summed E-state index contributed by atoms with van der Waals surface area (Å²) in [5, 5.41) is 10.7. The molecule has 0 saturated carbocycles. The number of carbonyl (C=O) groups is 3. The molecular formula is C36H43N3O5. The maximum Gasteiger partial charge on any atom is 0.249 e. The Kier molecular flexibility index (Phi) is 8.24. The molecule has 232 valence electrons. The van der Waals surface area contributed by atoms with Gasteiger partial charge in [-0.15, -0.1) is 0 Å². The Labute approximate surface area is 260 Å². The normalized spacial score (nSPS) is 31.0. The lowest BCUT2D eigenvalue weighted by atomic mass is 9.73. The molecular weight excluding hydrogens is 554 g/mol. The highest BCUT2D eigenvalue weighted by Crippen LogP contribution is 2.59. The summed E-state index contributed by atoms with van der Waals surface area (Å²) in [6, 6.07) is 18.0. The van der Waals surface area contributed by atoms with Crippen molar-refractivity contribution in [2.75, 3.05) is 19.7 Å². The van der Waals surface area contributed by atoms with Crippen molar-refractivity contribution in [3.8, 4) is 0 Å². The number of hydrogen-bond donors (Lipinski definition) is 1. The van der Waals surface area contributed by atoms with Crippen LogP contribution in [0.1, 0.15) is 44.7 Å². The maximum atomic E-state index is 14.9. The summed E-state index contributed by atoms with van der Waals surface area (Å²) in [6.07, 6.45) is 8.94. The number of ether oxygens (including phenoxy) is 1. The lowest BCUT2D eigenvalue weighted by Crippen LogP contribution is -2.59. The van der Waals surface area contributed by atoms with Gasteiger partial charge in [0.1, 0.15) is 11.6 Å². The fourth-order valence-electron chi connectivity index (χ4n) is 7.86. The quantitative estimate of drug-likeness (QED) is 0.442. The van der Waals surface area contributed by atoms with Gasteiger partial charge in [-0.05, 0) is 23.5 Å². The van der Waals surface area contributed by atoms with Crippen LogP contribution < -0.4 is 0 Å². The standard InChI is InChI=1S/C36H43N3O5/c1-4-25(3)28(24-40)39-31-34(43)38(23-27-16-10-7-11-17-27)21-13-19-36(31)30(33(39)42)29-32(41)37(22-26-14-8-6-9-15-26)20-12-18-35(29,5-2)44-36/h6-19,25,28-31,40H,4-5,20-24H2,1-3H3/t25-,28-,29+,30-,31?,35-,36-/m0/s1. The second kappa shape index (κ2) is 12.0. The van der Waals surface area contributed by atoms with Gasteiger partial charge >= 0.3 is 0 Å². The third-order valence-electron chi connectivity index (χ3n) is 10.3. The number of likely N-dealkylation sites (tertiary alicyclic amines) is 1. The van der Waals surface area contributed by atoms with E-state index in [1.54, 1.807) is 14.7 Å². The summed E-state index contributed by atoms with van der Waals surface area (Å²) >= 11 is 0. The molecule has 0 aliphatic carbocycles. The van der Waals surface area contributed by atoms with Gasteiger partial charge in [-0.25, -0.2) is 0 Å². The van der Waals surface area contributed by atoms with Crippen LogP contribution in [0.5, 0.6) is 0 Å². The number of rotatable bonds is 9. The average Bonchev–Trinajstić information content (AvgIpc) is 3.35. The van der Waals surface area contributed by atoms with Crippen molar-refractivity contribution in [3.05, 3.63) is 96.1 Å². The van der Waals surface area contributed by atoms with Crippen LogP contribution in [0.15, 0.2) is 85.0 Å². The predicted octanol–water partition coefficient (Wildman–Crippen LogP) is 3.95. The molecule has 8 nitrogen and oxygen atoms in total. The van der Waals surface area contributed by atoms with Crippen molar-refractivity contribution in [3.63, 3.8) is 0 Å². The highest BCUT2D eigenvalue weighted by atomic mass is 16.5. The fourth-order valence-corrected chi connectivity index (χ4v) is 7.86. The zero-order valence-corrected chi connectivity index (χ0v) is 25.8. The molecule has 8 heteroatoms. The Morgan fingerprint density at radius 1 is 0.818 bits per heavy atom. The van der Waals surface area contributed by atoms with E-state index in [9.17, 15) is 19.5 Å². The second-order valence-electron chi connectivity index (χ2n) is 12.7. The van der Waals surface area contributed by atoms with Crippen LogP contribution in [-0.2, 0) is 32.2 Å². The van der Waals surface area contributed by atoms with Gasteiger partial charge in [0.15, 0.2) is 0 Å². The molecule has 4 aliphatic rings. The lowest BCUT2D eigenvalue weighted by molar-refractivity contribution is -0.158. The Hall–Kier alpha value is -3.75. The van der Waals surface area contributed by atoms with Gasteiger partial charge in [0.05, 0.1) is 30.1 Å². The molecule has 4 heterocycles. The second-order valence-corrected chi connectivity index (χ2v) is 12.7. The molecule has 0 bridgehead atoms. The van der Waals surface area contributed by atoms with E-state index in [1.807, 2.05) is 106 Å². The molecule has 4 aliphatic heterocycles. The minimum atomic E-state index is -1.35. The van der Waals surface area contributed by atoms with E-state index in [0.29, 0.717) is 39.0 Å². The Morgan fingerprint density at radius 2 is 1.39 bits per heavy atom. The van der Waals surface area contributed by atoms with E-state index in [-0.39, 0.29) is 30.2 Å². The molecule has 0 aromatic heterocycles. The van der Waals surface area contributed by atoms with Crippen LogP contribution in [-0.4, -0.2) is 80.5 Å². The van der Waals surface area contributed by atoms with Crippen LogP contribution in [0.3, 0.4) is 0 Å². The van der Waals surface area contributed by atoms with E-state index in [1.165, 1.54) is 0 Å². The summed E-state index contributed by atoms with van der Waals surface area (Å²) in [5.41, 5.74) is -0.410. The summed E-state index contributed by atoms with van der Waals surface area (Å²) in [4.78, 5) is 49.4. The highest BCUT2D eigenvalue weighted by Gasteiger charge is 2.76. The van der Waals surface area contributed by atoms with Gasteiger partial charge in [-0.2, -0.15) is 0 Å². The van der Waals surface area contributed by atoms with Gasteiger partial charge < -0.3 is 24.5 Å². The lowest BCUT2D eigenvalue weighted by Gasteiger charge is -2.42. The van der Waals surface area contributed by atoms with Crippen molar-refractivity contribution in [2.24, 2.45) is 17.8 Å². The van der Waals surface area contributed by atoms with Gasteiger partial charge in [-0.3, -0.25) is 14.4 Å². The predicted molar refractivity (Wildman–Crippen MR) is 167 cm³/mol. The van der Waals surface area contributed by atoms with Crippen LogP contribution in [0.25, 0.3) is 0 Å². The van der Waals surface area contributed by atoms with Gasteiger partial charge in [-0.1, -0.05) is 112 Å². The SMILES string of the molecule is CC[C@H](C)[C@H](CO)N1C(=O)[C@@H]2[C@@H]3C(=O)N(Cc4ccccc4)CC=C[C@]3(CC)O[C@@]23C=CCN(Cc2ccccc2)C(=O)C13. The molecule has 1 N–H and O–H groups in total. The molecule has 6 rings (SSSR count). The summed E-state index contributed by atoms with van der Waals surface area (Å²) < 4.78 is 7.11. The molecule has 1 spiro atoms. The first-order valence-corrected chi connectivity index (χ1v) is 15.9. The summed E-state index contributed by atoms with van der Waals surface area (Å²) in [5.74, 6) is -2.46. The van der Waals surface area contributed by atoms with Gasteiger partial charge in [0.2, 0.25) is 17.7 Å². The number of nitrogens with zero attached hydrogens (tertiary/aromatic N) is 3. The van der Waals surface area contributed by atoms with Gasteiger partial charge in [0, 0.05) is 26.2 Å². The largest absolute Gasteiger partial charge is 0.394 e. The fraction of sp³-hybridized carbons (Fsp3) is 0.472. The smallest absolute Gasteiger partial charge is 0.249 e. The first kappa shape index (κ1) is 30.3. The number of aliphatic hydroxyl groups is 1. The van der Waals surface area contributed by atoms with Crippen molar-refractivity contribution >= 4 is 17.7 Å². The van der Waals surface area contributed by atoms with Crippen molar-refractivity contribution in [2.45, 2.75) is 70.0 Å². The summed E-state index contributed by atoms with van der Waals surface area (Å²) in [6.45, 7) is 7.24. The molecule has 1 unspecified atom stereocenters. The van der Waals surface area contributed by atoms with Gasteiger partial charge in [0.25, 0.3) is 0 Å². The van der Waals surface area contributed by atoms with Crippen molar-refractivity contribution in [1.29, 1.82) is 0 Å². The minimum Gasteiger partial charge on any atom is -0.394 e. The van der Waals surface area contributed by atoms with Crippen LogP contribution in [0, 0.1) is 17.8 Å². The first-order valence-electron chi connectivity index (χ1n) is 15.9. The van der Waals surface area contributed by atoms with Crippen molar-refractivity contribution < 1.29 is 24.2 Å². The highest BCUT2D eigenvalue weighted by molar-refractivity contribution is 6.00. The Bertz CT molecular complexity index is 1440. The molecule has 2 aromatic rings. The Balaban J connectivity index is 1.46. The zero-order chi connectivity index (χ0) is 31.1. The molecule has 2 aromatic carbocycles. The third kappa shape index (κ3) is 4.79. The van der Waals surface area contributed by atoms with Crippen LogP contribution in [0.4, 0.5) is 0 Å². The number of carbonyl (C=O) groups excluding carboxylic acids is 3. The molecule has 44 heavy (non-hydrogen) atoms. The van der Waals surface area contributed by atoms with Crippen LogP contribution in [0.2, 0.25) is 0 Å². The first-order chi connectivity index (χ1) is 21.3. The zero-order valence-electron chi connectivity index (χ0n) is 25.8. The van der Waals surface area contributed by atoms with E-state index in [0.717, 1.165) is 11.1 Å². The van der Waals surface area contributed by atoms with E-state index >= 15 is 0 Å². The average molecular weight is 598 g/mol. The number of aliphatic hydroxyl groups excluding tert-OH is 1. The van der Waals surface area contributed by atoms with Crippen LogP contribution >= 0.6 is 0 Å². The number of amides is 3. The number of hydrogen-bond acceptors (Lipinski definition) is 5. The molecule has 7 atom stereocenters.